The minimum absolute atomic E-state index is 0.249. The highest BCUT2D eigenvalue weighted by Gasteiger charge is 2.37. The Morgan fingerprint density at radius 3 is 1.88 bits per heavy atom. The second-order valence-corrected chi connectivity index (χ2v) is 7.49. The number of alkyl halides is 3. The van der Waals surface area contributed by atoms with Gasteiger partial charge in [0.25, 0.3) is 10.0 Å². The summed E-state index contributed by atoms with van der Waals surface area (Å²) in [5.41, 5.74) is -5.21. The van der Waals surface area contributed by atoms with E-state index < -0.39 is 47.8 Å². The van der Waals surface area contributed by atoms with Gasteiger partial charge in [-0.1, -0.05) is 6.07 Å². The number of halogens is 5. The van der Waals surface area contributed by atoms with Crippen molar-refractivity contribution in [1.82, 2.24) is 0 Å². The average Bonchev–Trinajstić information content (AvgIpc) is 2.45. The highest BCUT2D eigenvalue weighted by atomic mass is 32.2. The summed E-state index contributed by atoms with van der Waals surface area (Å²) in [6.45, 7) is 0. The van der Waals surface area contributed by atoms with Crippen molar-refractivity contribution in [2.24, 2.45) is 0 Å². The molecule has 1 atom stereocenters. The Morgan fingerprint density at radius 1 is 0.917 bits per heavy atom. The second kappa shape index (κ2) is 6.48. The fourth-order valence-corrected chi connectivity index (χ4v) is 3.57. The van der Waals surface area contributed by atoms with Gasteiger partial charge in [0.15, 0.2) is 15.7 Å². The highest BCUT2D eigenvalue weighted by Crippen LogP contribution is 2.28. The third kappa shape index (κ3) is 3.90. The van der Waals surface area contributed by atoms with Crippen LogP contribution in [0, 0.1) is 11.6 Å². The van der Waals surface area contributed by atoms with Gasteiger partial charge in [-0.25, -0.2) is 21.4 Å². The second-order valence-electron chi connectivity index (χ2n) is 4.40. The zero-order valence-electron chi connectivity index (χ0n) is 11.5. The van der Waals surface area contributed by atoms with Crippen molar-refractivity contribution in [1.29, 1.82) is 0 Å². The van der Waals surface area contributed by atoms with Gasteiger partial charge in [-0.2, -0.15) is 13.2 Å². The summed E-state index contributed by atoms with van der Waals surface area (Å²) in [4.78, 5) is -1.81. The zero-order chi connectivity index (χ0) is 18.1. The molecular weight excluding hydrogens is 377 g/mol. The topological polar surface area (TPSA) is 63.2 Å². The maximum Gasteiger partial charge on any atom is 0.475 e. The summed E-state index contributed by atoms with van der Waals surface area (Å²) in [6, 6.07) is 5.84. The van der Waals surface area contributed by atoms with Crippen LogP contribution in [0.25, 0.3) is 0 Å². The molecule has 0 aliphatic carbocycles. The van der Waals surface area contributed by atoms with Gasteiger partial charge in [0.1, 0.15) is 11.6 Å². The van der Waals surface area contributed by atoms with Crippen LogP contribution in [0.5, 0.6) is 0 Å². The van der Waals surface area contributed by atoms with Crippen LogP contribution in [0.3, 0.4) is 0 Å². The first kappa shape index (κ1) is 18.3. The molecular formula is C13H8F5NO3S2. The van der Waals surface area contributed by atoms with E-state index in [2.05, 4.69) is 0 Å². The van der Waals surface area contributed by atoms with E-state index in [4.69, 9.17) is 0 Å². The molecule has 0 fully saturated rings. The lowest BCUT2D eigenvalue weighted by Gasteiger charge is -2.11. The molecule has 0 aliphatic heterocycles. The van der Waals surface area contributed by atoms with Crippen molar-refractivity contribution < 1.29 is 34.6 Å². The number of sulfonamides is 1. The van der Waals surface area contributed by atoms with Gasteiger partial charge >= 0.3 is 5.51 Å². The molecule has 2 aromatic rings. The van der Waals surface area contributed by atoms with E-state index in [0.717, 1.165) is 42.5 Å². The van der Waals surface area contributed by atoms with Crippen LogP contribution >= 0.6 is 0 Å². The summed E-state index contributed by atoms with van der Waals surface area (Å²) in [5, 5.41) is 0. The molecule has 130 valence electrons. The van der Waals surface area contributed by atoms with Crippen molar-refractivity contribution in [3.63, 3.8) is 0 Å². The molecule has 0 aromatic heterocycles. The van der Waals surface area contributed by atoms with Gasteiger partial charge < -0.3 is 0 Å². The molecule has 0 saturated carbocycles. The molecule has 0 heterocycles. The van der Waals surface area contributed by atoms with E-state index in [1.807, 2.05) is 4.72 Å². The van der Waals surface area contributed by atoms with Gasteiger partial charge in [0, 0.05) is 10.6 Å². The Hall–Kier alpha value is -2.01. The lowest BCUT2D eigenvalue weighted by Crippen LogP contribution is -2.17. The Kier molecular flexibility index (Phi) is 4.95. The number of nitrogens with one attached hydrogen (secondary N) is 1. The summed E-state index contributed by atoms with van der Waals surface area (Å²) in [5.74, 6) is -2.64. The maximum absolute atomic E-state index is 13.5. The molecule has 0 bridgehead atoms. The number of anilines is 1. The van der Waals surface area contributed by atoms with Crippen LogP contribution in [0.1, 0.15) is 0 Å². The largest absolute Gasteiger partial charge is 0.475 e. The molecule has 0 spiro atoms. The smallest absolute Gasteiger partial charge is 0.279 e. The van der Waals surface area contributed by atoms with Crippen LogP contribution < -0.4 is 4.72 Å². The van der Waals surface area contributed by atoms with Gasteiger partial charge in [-0.3, -0.25) is 4.72 Å². The number of benzene rings is 2. The Balaban J connectivity index is 2.30. The van der Waals surface area contributed by atoms with E-state index in [1.165, 1.54) is 0 Å². The Labute approximate surface area is 135 Å². The predicted octanol–water partition coefficient (Wildman–Crippen LogP) is 3.39. The average molecular weight is 385 g/mol. The first-order valence-electron chi connectivity index (χ1n) is 6.08. The molecule has 0 radical (unpaired) electrons. The van der Waals surface area contributed by atoms with Crippen molar-refractivity contribution in [2.45, 2.75) is 15.3 Å². The summed E-state index contributed by atoms with van der Waals surface area (Å²) in [7, 11) is -7.91. The maximum atomic E-state index is 13.5. The van der Waals surface area contributed by atoms with Gasteiger partial charge in [0.05, 0.1) is 0 Å². The normalized spacial score (nSPS) is 13.5. The molecule has 24 heavy (non-hydrogen) atoms. The SMILES string of the molecule is O=S(c1ccc(NS(=O)(=O)c2c(F)cccc2F)cc1)C(F)(F)F. The predicted molar refractivity (Wildman–Crippen MR) is 76.1 cm³/mol. The number of hydrogen-bond acceptors (Lipinski definition) is 3. The van der Waals surface area contributed by atoms with E-state index >= 15 is 0 Å². The number of hydrogen-bond donors (Lipinski definition) is 1. The zero-order valence-corrected chi connectivity index (χ0v) is 13.1. The summed E-state index contributed by atoms with van der Waals surface area (Å²) < 4.78 is 101. The first-order chi connectivity index (χ1) is 11.0. The van der Waals surface area contributed by atoms with Crippen LogP contribution in [0.4, 0.5) is 27.6 Å². The summed E-state index contributed by atoms with van der Waals surface area (Å²) in [6.07, 6.45) is 0. The van der Waals surface area contributed by atoms with Gasteiger partial charge in [0.2, 0.25) is 0 Å². The minimum atomic E-state index is -4.96. The first-order valence-corrected chi connectivity index (χ1v) is 8.71. The summed E-state index contributed by atoms with van der Waals surface area (Å²) >= 11 is 0. The van der Waals surface area contributed by atoms with Crippen molar-refractivity contribution >= 4 is 26.5 Å². The van der Waals surface area contributed by atoms with Crippen molar-refractivity contribution in [2.75, 3.05) is 4.72 Å². The highest BCUT2D eigenvalue weighted by molar-refractivity contribution is 7.92. The molecule has 4 nitrogen and oxygen atoms in total. The quantitative estimate of drug-likeness (QED) is 0.821. The Bertz CT molecular complexity index is 859. The molecule has 1 N–H and O–H groups in total. The van der Waals surface area contributed by atoms with Gasteiger partial charge in [-0.05, 0) is 36.4 Å². The van der Waals surface area contributed by atoms with Gasteiger partial charge in [-0.15, -0.1) is 0 Å². The van der Waals surface area contributed by atoms with Crippen LogP contribution in [-0.2, 0) is 20.8 Å². The molecule has 0 aliphatic rings. The monoisotopic (exact) mass is 385 g/mol. The van der Waals surface area contributed by atoms with Crippen LogP contribution in [-0.4, -0.2) is 18.1 Å². The third-order valence-electron chi connectivity index (χ3n) is 2.72. The van der Waals surface area contributed by atoms with Crippen LogP contribution in [0.2, 0.25) is 0 Å². The molecule has 11 heteroatoms. The fraction of sp³-hybridized carbons (Fsp3) is 0.0769. The molecule has 1 unspecified atom stereocenters. The third-order valence-corrected chi connectivity index (χ3v) is 5.27. The molecule has 2 rings (SSSR count). The van der Waals surface area contributed by atoms with E-state index in [0.29, 0.717) is 0 Å². The number of rotatable bonds is 4. The lowest BCUT2D eigenvalue weighted by atomic mass is 10.3. The van der Waals surface area contributed by atoms with Crippen molar-refractivity contribution in [3.8, 4) is 0 Å². The lowest BCUT2D eigenvalue weighted by molar-refractivity contribution is -0.0384. The van der Waals surface area contributed by atoms with Crippen LogP contribution in [0.15, 0.2) is 52.3 Å². The standard InChI is InChI=1S/C13H8F5NO3S2/c14-10-2-1-3-11(15)12(10)24(21,22)19-8-4-6-9(7-5-8)23(20)13(16,17)18/h1-7,19H. The van der Waals surface area contributed by atoms with Crippen molar-refractivity contribution in [3.05, 3.63) is 54.1 Å². The Morgan fingerprint density at radius 2 is 1.42 bits per heavy atom. The fourth-order valence-electron chi connectivity index (χ4n) is 1.73. The van der Waals surface area contributed by atoms with E-state index in [-0.39, 0.29) is 5.69 Å². The van der Waals surface area contributed by atoms with E-state index in [9.17, 15) is 34.6 Å². The van der Waals surface area contributed by atoms with E-state index in [1.54, 1.807) is 0 Å². The minimum Gasteiger partial charge on any atom is -0.279 e. The molecule has 0 saturated heterocycles. The molecule has 0 amide bonds. The molecule has 2 aromatic carbocycles.